The molecule has 0 spiro atoms. The molecular formula is C15H20N4O. The van der Waals surface area contributed by atoms with Gasteiger partial charge in [-0.1, -0.05) is 0 Å². The number of rotatable bonds is 4. The van der Waals surface area contributed by atoms with Crippen molar-refractivity contribution in [1.29, 1.82) is 0 Å². The van der Waals surface area contributed by atoms with Gasteiger partial charge in [-0.3, -0.25) is 4.79 Å². The second-order valence-electron chi connectivity index (χ2n) is 5.18. The van der Waals surface area contributed by atoms with Gasteiger partial charge < -0.3 is 20.2 Å². The van der Waals surface area contributed by atoms with E-state index in [9.17, 15) is 4.79 Å². The van der Waals surface area contributed by atoms with Crippen LogP contribution in [0.4, 0.5) is 0 Å². The van der Waals surface area contributed by atoms with Gasteiger partial charge in [0, 0.05) is 31.2 Å². The Morgan fingerprint density at radius 2 is 2.20 bits per heavy atom. The molecule has 3 heterocycles. The molecular weight excluding hydrogens is 252 g/mol. The minimum atomic E-state index is -0.00488. The number of carbonyl (C=O) groups excluding carboxylic acids is 1. The van der Waals surface area contributed by atoms with Crippen LogP contribution in [0, 0.1) is 0 Å². The van der Waals surface area contributed by atoms with Crippen molar-refractivity contribution in [3.8, 4) is 0 Å². The van der Waals surface area contributed by atoms with Crippen LogP contribution in [0.15, 0.2) is 36.8 Å². The van der Waals surface area contributed by atoms with Gasteiger partial charge in [-0.2, -0.15) is 0 Å². The van der Waals surface area contributed by atoms with Gasteiger partial charge in [0.1, 0.15) is 5.69 Å². The molecule has 3 N–H and O–H groups in total. The van der Waals surface area contributed by atoms with Crippen LogP contribution < -0.4 is 10.6 Å². The fourth-order valence-electron chi connectivity index (χ4n) is 2.73. The monoisotopic (exact) mass is 272 g/mol. The number of hydrogen-bond donors (Lipinski definition) is 3. The van der Waals surface area contributed by atoms with Gasteiger partial charge in [0.2, 0.25) is 0 Å². The first kappa shape index (κ1) is 13.0. The average Bonchev–Trinajstić information content (AvgIpc) is 3.17. The van der Waals surface area contributed by atoms with Crippen LogP contribution in [-0.2, 0) is 6.54 Å². The molecule has 20 heavy (non-hydrogen) atoms. The summed E-state index contributed by atoms with van der Waals surface area (Å²) in [6.45, 7) is 2.60. The molecule has 3 rings (SSSR count). The summed E-state index contributed by atoms with van der Waals surface area (Å²) in [5, 5.41) is 6.32. The lowest BCUT2D eigenvalue weighted by atomic mass is 10.1. The Bertz CT molecular complexity index is 552. The summed E-state index contributed by atoms with van der Waals surface area (Å²) in [5.41, 5.74) is 1.84. The van der Waals surface area contributed by atoms with Gasteiger partial charge in [0.15, 0.2) is 0 Å². The Hall–Kier alpha value is -2.01. The Balaban J connectivity index is 1.67. The second kappa shape index (κ2) is 5.96. The van der Waals surface area contributed by atoms with E-state index in [-0.39, 0.29) is 5.91 Å². The molecule has 0 aromatic carbocycles. The molecule has 2 aromatic rings. The third kappa shape index (κ3) is 2.77. The van der Waals surface area contributed by atoms with Crippen molar-refractivity contribution in [2.24, 2.45) is 0 Å². The highest BCUT2D eigenvalue weighted by molar-refractivity contribution is 5.92. The Morgan fingerprint density at radius 3 is 2.95 bits per heavy atom. The number of hydrogen-bond acceptors (Lipinski definition) is 2. The van der Waals surface area contributed by atoms with Crippen molar-refractivity contribution in [1.82, 2.24) is 20.2 Å². The largest absolute Gasteiger partial charge is 0.367 e. The summed E-state index contributed by atoms with van der Waals surface area (Å²) in [6.07, 6.45) is 7.92. The smallest absolute Gasteiger partial charge is 0.268 e. The third-order valence-corrected chi connectivity index (χ3v) is 3.83. The van der Waals surface area contributed by atoms with E-state index in [2.05, 4.69) is 20.2 Å². The van der Waals surface area contributed by atoms with Crippen LogP contribution >= 0.6 is 0 Å². The van der Waals surface area contributed by atoms with Gasteiger partial charge in [-0.25, -0.2) is 0 Å². The molecule has 0 radical (unpaired) electrons. The van der Waals surface area contributed by atoms with Crippen molar-refractivity contribution < 1.29 is 4.79 Å². The topological polar surface area (TPSA) is 61.9 Å². The van der Waals surface area contributed by atoms with Crippen LogP contribution in [0.1, 0.15) is 34.9 Å². The van der Waals surface area contributed by atoms with Crippen molar-refractivity contribution in [3.63, 3.8) is 0 Å². The lowest BCUT2D eigenvalue weighted by molar-refractivity contribution is 0.0938. The molecule has 0 aliphatic carbocycles. The highest BCUT2D eigenvalue weighted by Crippen LogP contribution is 2.21. The Labute approximate surface area is 118 Å². The van der Waals surface area contributed by atoms with E-state index in [1.54, 1.807) is 0 Å². The first-order valence-electron chi connectivity index (χ1n) is 7.12. The molecule has 0 bridgehead atoms. The van der Waals surface area contributed by atoms with Crippen molar-refractivity contribution in [3.05, 3.63) is 48.0 Å². The van der Waals surface area contributed by atoms with Crippen LogP contribution in [0.2, 0.25) is 0 Å². The number of nitrogens with one attached hydrogen (secondary N) is 3. The molecule has 1 amide bonds. The first-order valence-corrected chi connectivity index (χ1v) is 7.12. The summed E-state index contributed by atoms with van der Waals surface area (Å²) in [6, 6.07) is 6.24. The lowest BCUT2D eigenvalue weighted by Gasteiger charge is -2.25. The number of amides is 1. The minimum Gasteiger partial charge on any atom is -0.367 e. The van der Waals surface area contributed by atoms with Crippen LogP contribution in [0.3, 0.4) is 0 Å². The lowest BCUT2D eigenvalue weighted by Crippen LogP contribution is -2.32. The second-order valence-corrected chi connectivity index (χ2v) is 5.18. The standard InChI is InChI=1S/C15H20N4O/c20-15(18-11-12-3-6-17-10-12)14-2-1-9-19(14)13-4-7-16-8-5-13/h1-3,6,9-10,13,16-17H,4-5,7-8,11H2,(H,18,20). The average molecular weight is 272 g/mol. The summed E-state index contributed by atoms with van der Waals surface area (Å²) < 4.78 is 2.12. The molecule has 5 heteroatoms. The molecule has 0 atom stereocenters. The van der Waals surface area contributed by atoms with E-state index in [1.165, 1.54) is 0 Å². The molecule has 5 nitrogen and oxygen atoms in total. The van der Waals surface area contributed by atoms with Crippen molar-refractivity contribution in [2.75, 3.05) is 13.1 Å². The molecule has 0 unspecified atom stereocenters. The minimum absolute atomic E-state index is 0.00488. The van der Waals surface area contributed by atoms with Gasteiger partial charge in [0.25, 0.3) is 5.91 Å². The molecule has 2 aromatic heterocycles. The molecule has 1 aliphatic rings. The van der Waals surface area contributed by atoms with Crippen LogP contribution in [0.5, 0.6) is 0 Å². The normalized spacial score (nSPS) is 16.2. The van der Waals surface area contributed by atoms with E-state index in [4.69, 9.17) is 0 Å². The summed E-state index contributed by atoms with van der Waals surface area (Å²) in [7, 11) is 0. The molecule has 106 valence electrons. The zero-order chi connectivity index (χ0) is 13.8. The third-order valence-electron chi connectivity index (χ3n) is 3.83. The number of piperidine rings is 1. The van der Waals surface area contributed by atoms with Gasteiger partial charge in [-0.05, 0) is 49.7 Å². The van der Waals surface area contributed by atoms with Crippen LogP contribution in [-0.4, -0.2) is 28.5 Å². The number of nitrogens with zero attached hydrogens (tertiary/aromatic N) is 1. The van der Waals surface area contributed by atoms with Gasteiger partial charge in [-0.15, -0.1) is 0 Å². The van der Waals surface area contributed by atoms with E-state index in [0.717, 1.165) is 37.2 Å². The number of aromatic nitrogens is 2. The quantitative estimate of drug-likeness (QED) is 0.793. The fourth-order valence-corrected chi connectivity index (χ4v) is 2.73. The highest BCUT2D eigenvalue weighted by atomic mass is 16.1. The predicted octanol–water partition coefficient (Wildman–Crippen LogP) is 1.67. The van der Waals surface area contributed by atoms with Gasteiger partial charge >= 0.3 is 0 Å². The van der Waals surface area contributed by atoms with Crippen molar-refractivity contribution >= 4 is 5.91 Å². The molecule has 1 aliphatic heterocycles. The number of H-pyrrole nitrogens is 1. The number of carbonyl (C=O) groups is 1. The summed E-state index contributed by atoms with van der Waals surface area (Å²) in [4.78, 5) is 15.3. The zero-order valence-corrected chi connectivity index (χ0v) is 11.4. The SMILES string of the molecule is O=C(NCc1cc[nH]c1)c1cccn1C1CCNCC1. The maximum absolute atomic E-state index is 12.3. The summed E-state index contributed by atoms with van der Waals surface area (Å²) in [5.74, 6) is -0.00488. The summed E-state index contributed by atoms with van der Waals surface area (Å²) >= 11 is 0. The number of aromatic amines is 1. The molecule has 0 saturated carbocycles. The predicted molar refractivity (Wildman–Crippen MR) is 77.5 cm³/mol. The Kier molecular flexibility index (Phi) is 3.87. The van der Waals surface area contributed by atoms with E-state index in [0.29, 0.717) is 12.6 Å². The van der Waals surface area contributed by atoms with E-state index >= 15 is 0 Å². The van der Waals surface area contributed by atoms with Crippen molar-refractivity contribution in [2.45, 2.75) is 25.4 Å². The first-order chi connectivity index (χ1) is 9.84. The van der Waals surface area contributed by atoms with Crippen LogP contribution in [0.25, 0.3) is 0 Å². The molecule has 1 fully saturated rings. The maximum atomic E-state index is 12.3. The van der Waals surface area contributed by atoms with Gasteiger partial charge in [0.05, 0.1) is 0 Å². The molecule has 1 saturated heterocycles. The van der Waals surface area contributed by atoms with E-state index in [1.807, 2.05) is 36.8 Å². The van der Waals surface area contributed by atoms with E-state index < -0.39 is 0 Å². The maximum Gasteiger partial charge on any atom is 0.268 e. The Morgan fingerprint density at radius 1 is 1.35 bits per heavy atom. The zero-order valence-electron chi connectivity index (χ0n) is 11.4. The highest BCUT2D eigenvalue weighted by Gasteiger charge is 2.19. The fraction of sp³-hybridized carbons (Fsp3) is 0.400.